The Kier molecular flexibility index (Phi) is 6.62. The van der Waals surface area contributed by atoms with E-state index in [-0.39, 0.29) is 5.91 Å². The van der Waals surface area contributed by atoms with E-state index >= 15 is 0 Å². The van der Waals surface area contributed by atoms with E-state index in [0.717, 1.165) is 23.3 Å². The predicted molar refractivity (Wildman–Crippen MR) is 95.8 cm³/mol. The molecule has 1 amide bonds. The van der Waals surface area contributed by atoms with Gasteiger partial charge in [-0.2, -0.15) is 0 Å². The van der Waals surface area contributed by atoms with Gasteiger partial charge in [0.15, 0.2) is 0 Å². The van der Waals surface area contributed by atoms with Gasteiger partial charge in [0.2, 0.25) is 0 Å². The Hall–Kier alpha value is -1.85. The summed E-state index contributed by atoms with van der Waals surface area (Å²) < 4.78 is 6.76. The first-order chi connectivity index (χ1) is 11.1. The van der Waals surface area contributed by atoms with Crippen LogP contribution >= 0.6 is 15.9 Å². The van der Waals surface area contributed by atoms with Gasteiger partial charge in [-0.3, -0.25) is 9.69 Å². The highest BCUT2D eigenvalue weighted by Gasteiger charge is 2.04. The van der Waals surface area contributed by atoms with Crippen molar-refractivity contribution in [2.75, 3.05) is 27.2 Å². The van der Waals surface area contributed by atoms with Crippen molar-refractivity contribution in [3.63, 3.8) is 0 Å². The van der Waals surface area contributed by atoms with E-state index in [0.29, 0.717) is 12.2 Å². The molecule has 2 aromatic rings. The SMILES string of the molecule is CNC(=O)c1ccc(CN(C)CCOc2ccc(Br)cc2)cc1. The summed E-state index contributed by atoms with van der Waals surface area (Å²) in [6.07, 6.45) is 0. The van der Waals surface area contributed by atoms with Gasteiger partial charge in [0, 0.05) is 30.2 Å². The number of halogens is 1. The standard InChI is InChI=1S/C18H21BrN2O2/c1-20-18(22)15-5-3-14(4-6-15)13-21(2)11-12-23-17-9-7-16(19)8-10-17/h3-10H,11-13H2,1-2H3,(H,20,22). The largest absolute Gasteiger partial charge is 0.492 e. The number of hydrogen-bond donors (Lipinski definition) is 1. The minimum atomic E-state index is -0.0622. The zero-order valence-corrected chi connectivity index (χ0v) is 15.0. The summed E-state index contributed by atoms with van der Waals surface area (Å²) in [4.78, 5) is 13.7. The first kappa shape index (κ1) is 17.5. The minimum Gasteiger partial charge on any atom is -0.492 e. The fraction of sp³-hybridized carbons (Fsp3) is 0.278. The first-order valence-corrected chi connectivity index (χ1v) is 8.25. The minimum absolute atomic E-state index is 0.0622. The molecule has 0 unspecified atom stereocenters. The molecule has 23 heavy (non-hydrogen) atoms. The van der Waals surface area contributed by atoms with E-state index in [1.165, 1.54) is 5.56 Å². The maximum atomic E-state index is 11.5. The van der Waals surface area contributed by atoms with E-state index < -0.39 is 0 Å². The van der Waals surface area contributed by atoms with Crippen molar-refractivity contribution in [1.82, 2.24) is 10.2 Å². The Morgan fingerprint density at radius 2 is 1.78 bits per heavy atom. The van der Waals surface area contributed by atoms with Gasteiger partial charge in [-0.15, -0.1) is 0 Å². The lowest BCUT2D eigenvalue weighted by atomic mass is 10.1. The van der Waals surface area contributed by atoms with Gasteiger partial charge in [0.25, 0.3) is 5.91 Å². The van der Waals surface area contributed by atoms with Crippen LogP contribution in [0.3, 0.4) is 0 Å². The quantitative estimate of drug-likeness (QED) is 0.805. The summed E-state index contributed by atoms with van der Waals surface area (Å²) in [5.41, 5.74) is 1.85. The third kappa shape index (κ3) is 5.69. The third-order valence-corrected chi connectivity index (χ3v) is 3.98. The molecule has 2 aromatic carbocycles. The van der Waals surface area contributed by atoms with Crippen molar-refractivity contribution in [2.45, 2.75) is 6.54 Å². The molecule has 0 saturated heterocycles. The summed E-state index contributed by atoms with van der Waals surface area (Å²) >= 11 is 3.40. The molecule has 0 bridgehead atoms. The average Bonchev–Trinajstić information content (AvgIpc) is 2.56. The molecule has 0 aliphatic carbocycles. The van der Waals surface area contributed by atoms with Gasteiger partial charge in [0.1, 0.15) is 12.4 Å². The summed E-state index contributed by atoms with van der Waals surface area (Å²) in [6.45, 7) is 2.28. The number of amides is 1. The average molecular weight is 377 g/mol. The van der Waals surface area contributed by atoms with Crippen LogP contribution < -0.4 is 10.1 Å². The van der Waals surface area contributed by atoms with Gasteiger partial charge in [-0.1, -0.05) is 28.1 Å². The smallest absolute Gasteiger partial charge is 0.251 e. The summed E-state index contributed by atoms with van der Waals surface area (Å²) in [5.74, 6) is 0.810. The number of hydrogen-bond acceptors (Lipinski definition) is 3. The molecule has 1 N–H and O–H groups in total. The van der Waals surface area contributed by atoms with Crippen molar-refractivity contribution in [2.24, 2.45) is 0 Å². The highest BCUT2D eigenvalue weighted by atomic mass is 79.9. The highest BCUT2D eigenvalue weighted by Crippen LogP contribution is 2.16. The summed E-state index contributed by atoms with van der Waals surface area (Å²) in [6, 6.07) is 15.5. The van der Waals surface area contributed by atoms with Crippen LogP contribution in [0.25, 0.3) is 0 Å². The van der Waals surface area contributed by atoms with Crippen LogP contribution in [0.1, 0.15) is 15.9 Å². The Morgan fingerprint density at radius 1 is 1.13 bits per heavy atom. The molecule has 0 fully saturated rings. The van der Waals surface area contributed by atoms with Gasteiger partial charge in [-0.25, -0.2) is 0 Å². The molecule has 122 valence electrons. The van der Waals surface area contributed by atoms with Crippen molar-refractivity contribution >= 4 is 21.8 Å². The Labute approximate surface area is 145 Å². The number of nitrogens with zero attached hydrogens (tertiary/aromatic N) is 1. The molecule has 0 heterocycles. The monoisotopic (exact) mass is 376 g/mol. The molecule has 2 rings (SSSR count). The van der Waals surface area contributed by atoms with E-state index in [1.807, 2.05) is 48.5 Å². The Morgan fingerprint density at radius 3 is 2.39 bits per heavy atom. The second kappa shape index (κ2) is 8.70. The maximum absolute atomic E-state index is 11.5. The maximum Gasteiger partial charge on any atom is 0.251 e. The molecular weight excluding hydrogens is 356 g/mol. The van der Waals surface area contributed by atoms with E-state index in [4.69, 9.17) is 4.74 Å². The zero-order valence-electron chi connectivity index (χ0n) is 13.4. The van der Waals surface area contributed by atoms with Crippen LogP contribution in [0.15, 0.2) is 53.0 Å². The van der Waals surface area contributed by atoms with Crippen LogP contribution in [0.2, 0.25) is 0 Å². The lowest BCUT2D eigenvalue weighted by Gasteiger charge is -2.17. The number of carbonyl (C=O) groups excluding carboxylic acids is 1. The molecule has 0 spiro atoms. The normalized spacial score (nSPS) is 10.6. The fourth-order valence-corrected chi connectivity index (χ4v) is 2.41. The fourth-order valence-electron chi connectivity index (χ4n) is 2.15. The zero-order chi connectivity index (χ0) is 16.7. The first-order valence-electron chi connectivity index (χ1n) is 7.46. The molecule has 0 atom stereocenters. The van der Waals surface area contributed by atoms with Crippen LogP contribution in [-0.2, 0) is 6.54 Å². The molecule has 0 aliphatic rings. The molecule has 4 nitrogen and oxygen atoms in total. The Bertz CT molecular complexity index is 626. The van der Waals surface area contributed by atoms with Crippen molar-refractivity contribution in [3.8, 4) is 5.75 Å². The second-order valence-electron chi connectivity index (χ2n) is 5.32. The molecule has 0 radical (unpaired) electrons. The number of carbonyl (C=O) groups is 1. The number of benzene rings is 2. The summed E-state index contributed by atoms with van der Waals surface area (Å²) in [5, 5.41) is 2.62. The van der Waals surface area contributed by atoms with Crippen molar-refractivity contribution in [3.05, 3.63) is 64.1 Å². The lowest BCUT2D eigenvalue weighted by molar-refractivity contribution is 0.0963. The van der Waals surface area contributed by atoms with E-state index in [1.54, 1.807) is 7.05 Å². The predicted octanol–water partition coefficient (Wildman–Crippen LogP) is 3.32. The van der Waals surface area contributed by atoms with E-state index in [9.17, 15) is 4.79 Å². The number of likely N-dealkylation sites (N-methyl/N-ethyl adjacent to an activating group) is 1. The molecular formula is C18H21BrN2O2. The number of rotatable bonds is 7. The van der Waals surface area contributed by atoms with Crippen LogP contribution in [0.4, 0.5) is 0 Å². The van der Waals surface area contributed by atoms with Gasteiger partial charge < -0.3 is 10.1 Å². The van der Waals surface area contributed by atoms with Crippen molar-refractivity contribution in [1.29, 1.82) is 0 Å². The number of nitrogens with one attached hydrogen (secondary N) is 1. The number of ether oxygens (including phenoxy) is 1. The van der Waals surface area contributed by atoms with Crippen LogP contribution in [-0.4, -0.2) is 38.1 Å². The Balaban J connectivity index is 1.77. The van der Waals surface area contributed by atoms with E-state index in [2.05, 4.69) is 33.2 Å². The molecule has 0 saturated carbocycles. The lowest BCUT2D eigenvalue weighted by Crippen LogP contribution is -2.24. The van der Waals surface area contributed by atoms with Gasteiger partial charge in [-0.05, 0) is 49.0 Å². The van der Waals surface area contributed by atoms with Crippen LogP contribution in [0.5, 0.6) is 5.75 Å². The van der Waals surface area contributed by atoms with Crippen LogP contribution in [0, 0.1) is 0 Å². The molecule has 0 aliphatic heterocycles. The van der Waals surface area contributed by atoms with Crippen molar-refractivity contribution < 1.29 is 9.53 Å². The highest BCUT2D eigenvalue weighted by molar-refractivity contribution is 9.10. The topological polar surface area (TPSA) is 41.6 Å². The molecule has 0 aromatic heterocycles. The van der Waals surface area contributed by atoms with Gasteiger partial charge in [0.05, 0.1) is 0 Å². The molecule has 5 heteroatoms. The second-order valence-corrected chi connectivity index (χ2v) is 6.23. The third-order valence-electron chi connectivity index (χ3n) is 3.45. The summed E-state index contributed by atoms with van der Waals surface area (Å²) in [7, 11) is 3.69. The van der Waals surface area contributed by atoms with Gasteiger partial charge >= 0.3 is 0 Å².